The van der Waals surface area contributed by atoms with Gasteiger partial charge in [0, 0.05) is 11.4 Å². The van der Waals surface area contributed by atoms with Crippen molar-refractivity contribution in [2.24, 2.45) is 0 Å². The molecular formula is C8H7BrF2N2O3. The zero-order chi connectivity index (χ0) is 12.3. The highest BCUT2D eigenvalue weighted by Crippen LogP contribution is 2.34. The van der Waals surface area contributed by atoms with E-state index in [4.69, 9.17) is 4.74 Å². The van der Waals surface area contributed by atoms with Crippen molar-refractivity contribution in [3.63, 3.8) is 0 Å². The SMILES string of the molecule is COc1c([N+](=O)[O-])cc(C(F)F)nc1CBr. The Kier molecular flexibility index (Phi) is 4.11. The third-order valence-corrected chi connectivity index (χ3v) is 2.33. The molecular weight excluding hydrogens is 290 g/mol. The number of aromatic nitrogens is 1. The first-order valence-corrected chi connectivity index (χ1v) is 5.19. The van der Waals surface area contributed by atoms with Gasteiger partial charge in [-0.15, -0.1) is 0 Å². The highest BCUT2D eigenvalue weighted by Gasteiger charge is 2.24. The second-order valence-electron chi connectivity index (χ2n) is 2.74. The standard InChI is InChI=1S/C8H7BrF2N2O3/c1-16-7-5(3-9)12-4(8(10)11)2-6(7)13(14)15/h2,8H,3H2,1H3. The first-order valence-electron chi connectivity index (χ1n) is 4.07. The van der Waals surface area contributed by atoms with Crippen LogP contribution >= 0.6 is 15.9 Å². The monoisotopic (exact) mass is 296 g/mol. The maximum Gasteiger partial charge on any atom is 0.314 e. The van der Waals surface area contributed by atoms with E-state index in [9.17, 15) is 18.9 Å². The average molecular weight is 297 g/mol. The number of halogens is 3. The zero-order valence-corrected chi connectivity index (χ0v) is 9.70. The number of alkyl halides is 3. The Morgan fingerprint density at radius 3 is 2.69 bits per heavy atom. The van der Waals surface area contributed by atoms with Gasteiger partial charge in [-0.25, -0.2) is 13.8 Å². The Hall–Kier alpha value is -1.31. The van der Waals surface area contributed by atoms with Crippen LogP contribution < -0.4 is 4.74 Å². The minimum atomic E-state index is -2.86. The Balaban J connectivity index is 3.43. The third-order valence-electron chi connectivity index (χ3n) is 1.79. The van der Waals surface area contributed by atoms with E-state index >= 15 is 0 Å². The van der Waals surface area contributed by atoms with Gasteiger partial charge in [-0.3, -0.25) is 10.1 Å². The van der Waals surface area contributed by atoms with Crippen molar-refractivity contribution >= 4 is 21.6 Å². The molecule has 88 valence electrons. The number of methoxy groups -OCH3 is 1. The average Bonchev–Trinajstić information content (AvgIpc) is 2.26. The van der Waals surface area contributed by atoms with Crippen LogP contribution in [0.5, 0.6) is 5.75 Å². The van der Waals surface area contributed by atoms with Crippen LogP contribution in [0.2, 0.25) is 0 Å². The Morgan fingerprint density at radius 2 is 2.31 bits per heavy atom. The summed E-state index contributed by atoms with van der Waals surface area (Å²) in [5, 5.41) is 10.8. The third kappa shape index (κ3) is 2.43. The van der Waals surface area contributed by atoms with Crippen molar-refractivity contribution < 1.29 is 18.4 Å². The molecule has 0 unspecified atom stereocenters. The number of hydrogen-bond acceptors (Lipinski definition) is 4. The van der Waals surface area contributed by atoms with Crippen LogP contribution in [0.15, 0.2) is 6.07 Å². The maximum absolute atomic E-state index is 12.4. The molecule has 0 aliphatic rings. The predicted octanol–water partition coefficient (Wildman–Crippen LogP) is 2.83. The fourth-order valence-corrected chi connectivity index (χ4v) is 1.53. The lowest BCUT2D eigenvalue weighted by Gasteiger charge is -2.08. The summed E-state index contributed by atoms with van der Waals surface area (Å²) in [4.78, 5) is 13.5. The van der Waals surface area contributed by atoms with E-state index in [0.717, 1.165) is 6.07 Å². The van der Waals surface area contributed by atoms with E-state index in [1.165, 1.54) is 7.11 Å². The van der Waals surface area contributed by atoms with E-state index in [-0.39, 0.29) is 16.8 Å². The molecule has 0 spiro atoms. The van der Waals surface area contributed by atoms with Gasteiger partial charge in [-0.2, -0.15) is 0 Å². The molecule has 0 saturated heterocycles. The van der Waals surface area contributed by atoms with E-state index in [1.54, 1.807) is 0 Å². The molecule has 5 nitrogen and oxygen atoms in total. The molecule has 0 saturated carbocycles. The van der Waals surface area contributed by atoms with Gasteiger partial charge in [0.15, 0.2) is 0 Å². The van der Waals surface area contributed by atoms with Crippen LogP contribution in [0.3, 0.4) is 0 Å². The van der Waals surface area contributed by atoms with Gasteiger partial charge >= 0.3 is 5.69 Å². The molecule has 1 aromatic rings. The minimum absolute atomic E-state index is 0.0759. The van der Waals surface area contributed by atoms with Gasteiger partial charge < -0.3 is 4.74 Å². The summed E-state index contributed by atoms with van der Waals surface area (Å²) in [7, 11) is 1.22. The van der Waals surface area contributed by atoms with Gasteiger partial charge in [0.25, 0.3) is 6.43 Å². The number of ether oxygens (including phenoxy) is 1. The molecule has 0 aliphatic heterocycles. The lowest BCUT2D eigenvalue weighted by atomic mass is 10.2. The molecule has 0 aromatic carbocycles. The smallest absolute Gasteiger partial charge is 0.314 e. The highest BCUT2D eigenvalue weighted by atomic mass is 79.9. The molecule has 1 heterocycles. The van der Waals surface area contributed by atoms with Crippen molar-refractivity contribution in [3.8, 4) is 5.75 Å². The highest BCUT2D eigenvalue weighted by molar-refractivity contribution is 9.08. The maximum atomic E-state index is 12.4. The largest absolute Gasteiger partial charge is 0.489 e. The van der Waals surface area contributed by atoms with Gasteiger partial charge in [-0.05, 0) is 0 Å². The Labute approximate surface area is 97.7 Å². The second kappa shape index (κ2) is 5.15. The lowest BCUT2D eigenvalue weighted by Crippen LogP contribution is -2.03. The van der Waals surface area contributed by atoms with Gasteiger partial charge in [-0.1, -0.05) is 15.9 Å². The normalized spacial score (nSPS) is 10.6. The van der Waals surface area contributed by atoms with Crippen molar-refractivity contribution in [3.05, 3.63) is 27.6 Å². The summed E-state index contributed by atoms with van der Waals surface area (Å²) in [6.45, 7) is 0. The molecule has 16 heavy (non-hydrogen) atoms. The molecule has 0 atom stereocenters. The lowest BCUT2D eigenvalue weighted by molar-refractivity contribution is -0.386. The molecule has 0 amide bonds. The fourth-order valence-electron chi connectivity index (χ4n) is 1.15. The molecule has 0 bridgehead atoms. The Bertz CT molecular complexity index is 415. The molecule has 8 heteroatoms. The van der Waals surface area contributed by atoms with Crippen LogP contribution in [0, 0.1) is 10.1 Å². The number of rotatable bonds is 4. The summed E-state index contributed by atoms with van der Waals surface area (Å²) in [5.41, 5.74) is -1.07. The topological polar surface area (TPSA) is 65.3 Å². The van der Waals surface area contributed by atoms with E-state index in [2.05, 4.69) is 20.9 Å². The fraction of sp³-hybridized carbons (Fsp3) is 0.375. The van der Waals surface area contributed by atoms with Crippen molar-refractivity contribution in [2.45, 2.75) is 11.8 Å². The number of nitrogens with zero attached hydrogens (tertiary/aromatic N) is 2. The van der Waals surface area contributed by atoms with Gasteiger partial charge in [0.2, 0.25) is 5.75 Å². The molecule has 1 aromatic heterocycles. The quantitative estimate of drug-likeness (QED) is 0.487. The number of pyridine rings is 1. The predicted molar refractivity (Wildman–Crippen MR) is 55.0 cm³/mol. The van der Waals surface area contributed by atoms with E-state index in [0.29, 0.717) is 0 Å². The molecule has 0 radical (unpaired) electrons. The van der Waals surface area contributed by atoms with E-state index in [1.807, 2.05) is 0 Å². The first-order chi connectivity index (χ1) is 7.51. The molecule has 0 fully saturated rings. The van der Waals surface area contributed by atoms with Crippen molar-refractivity contribution in [1.82, 2.24) is 4.98 Å². The molecule has 0 aliphatic carbocycles. The van der Waals surface area contributed by atoms with Crippen molar-refractivity contribution in [1.29, 1.82) is 0 Å². The first kappa shape index (κ1) is 12.8. The van der Waals surface area contributed by atoms with Crippen LogP contribution in [0.1, 0.15) is 17.8 Å². The summed E-state index contributed by atoms with van der Waals surface area (Å²) in [5.74, 6) is -0.105. The minimum Gasteiger partial charge on any atom is -0.489 e. The van der Waals surface area contributed by atoms with Gasteiger partial charge in [0.05, 0.1) is 12.0 Å². The Morgan fingerprint density at radius 1 is 1.69 bits per heavy atom. The number of hydrogen-bond donors (Lipinski definition) is 0. The zero-order valence-electron chi connectivity index (χ0n) is 8.11. The van der Waals surface area contributed by atoms with Crippen LogP contribution in [0.25, 0.3) is 0 Å². The van der Waals surface area contributed by atoms with Crippen LogP contribution in [0.4, 0.5) is 14.5 Å². The summed E-state index contributed by atoms with van der Waals surface area (Å²) >= 11 is 3.01. The van der Waals surface area contributed by atoms with Crippen LogP contribution in [-0.4, -0.2) is 17.0 Å². The van der Waals surface area contributed by atoms with Gasteiger partial charge in [0.1, 0.15) is 11.4 Å². The number of nitro groups is 1. The summed E-state index contributed by atoms with van der Waals surface area (Å²) in [6, 6.07) is 0.718. The summed E-state index contributed by atoms with van der Waals surface area (Å²) in [6.07, 6.45) is -2.86. The molecule has 1 rings (SSSR count). The second-order valence-corrected chi connectivity index (χ2v) is 3.30. The van der Waals surface area contributed by atoms with Crippen molar-refractivity contribution in [2.75, 3.05) is 7.11 Å². The summed E-state index contributed by atoms with van der Waals surface area (Å²) < 4.78 is 29.6. The molecule has 0 N–H and O–H groups in total. The van der Waals surface area contributed by atoms with Crippen LogP contribution in [-0.2, 0) is 5.33 Å². The van der Waals surface area contributed by atoms with E-state index < -0.39 is 22.7 Å².